The zero-order valence-corrected chi connectivity index (χ0v) is 12.5. The summed E-state index contributed by atoms with van der Waals surface area (Å²) in [6.07, 6.45) is -1.48. The first-order valence-corrected chi connectivity index (χ1v) is 8.15. The maximum absolute atomic E-state index is 12.5. The molecule has 1 rings (SSSR count). The third kappa shape index (κ3) is 2.61. The van der Waals surface area contributed by atoms with Crippen molar-refractivity contribution in [1.29, 1.82) is 0 Å². The lowest BCUT2D eigenvalue weighted by molar-refractivity contribution is -0.668. The number of rotatable bonds is 5. The molecule has 3 atom stereocenters. The first-order chi connectivity index (χ1) is 8.51. The van der Waals surface area contributed by atoms with Crippen LogP contribution in [0, 0.1) is 20.2 Å². The van der Waals surface area contributed by atoms with Crippen LogP contribution in [-0.2, 0) is 9.09 Å². The fraction of sp³-hybridized carbons (Fsp3) is 1.00. The van der Waals surface area contributed by atoms with Gasteiger partial charge in [-0.2, -0.15) is 0 Å². The molecule has 1 aliphatic rings. The van der Waals surface area contributed by atoms with Crippen LogP contribution >= 0.6 is 19.0 Å². The normalized spacial score (nSPS) is 34.9. The smallest absolute Gasteiger partial charge is 0.297 e. The van der Waals surface area contributed by atoms with E-state index in [1.165, 1.54) is 0 Å². The van der Waals surface area contributed by atoms with Gasteiger partial charge in [-0.15, -0.1) is 11.6 Å². The molecule has 1 aliphatic heterocycles. The Bertz CT molecular complexity index is 428. The van der Waals surface area contributed by atoms with E-state index >= 15 is 0 Å². The zero-order chi connectivity index (χ0) is 15.1. The van der Waals surface area contributed by atoms with Crippen molar-refractivity contribution in [3.8, 4) is 0 Å². The highest BCUT2D eigenvalue weighted by Gasteiger charge is 2.74. The quantitative estimate of drug-likeness (QED) is 0.332. The lowest BCUT2D eigenvalue weighted by atomic mass is 9.84. The van der Waals surface area contributed by atoms with Gasteiger partial charge in [-0.05, 0) is 6.92 Å². The summed E-state index contributed by atoms with van der Waals surface area (Å²) in [6.45, 7) is 3.85. The van der Waals surface area contributed by atoms with Gasteiger partial charge in [0.25, 0.3) is 11.1 Å². The highest BCUT2D eigenvalue weighted by Crippen LogP contribution is 2.62. The Morgan fingerprint density at radius 2 is 1.63 bits per heavy atom. The summed E-state index contributed by atoms with van der Waals surface area (Å²) < 4.78 is 17.8. The molecule has 0 aromatic carbocycles. The molecule has 1 heterocycles. The Balaban J connectivity index is 3.19. The van der Waals surface area contributed by atoms with E-state index < -0.39 is 46.7 Å². The lowest BCUT2D eigenvalue weighted by Crippen LogP contribution is -2.59. The van der Waals surface area contributed by atoms with Gasteiger partial charge in [0, 0.05) is 29.6 Å². The van der Waals surface area contributed by atoms with Crippen LogP contribution in [0.15, 0.2) is 0 Å². The van der Waals surface area contributed by atoms with E-state index in [0.717, 1.165) is 13.8 Å². The van der Waals surface area contributed by atoms with E-state index in [2.05, 4.69) is 0 Å². The molecule has 1 saturated heterocycles. The van der Waals surface area contributed by atoms with Crippen LogP contribution in [0.5, 0.6) is 0 Å². The van der Waals surface area contributed by atoms with Gasteiger partial charge in [-0.1, -0.05) is 0 Å². The molecule has 0 aromatic heterocycles. The molecule has 1 fully saturated rings. The number of alkyl halides is 1. The fourth-order valence-electron chi connectivity index (χ4n) is 2.27. The zero-order valence-electron chi connectivity index (χ0n) is 10.9. The topological polar surface area (TPSA) is 113 Å². The fourth-order valence-corrected chi connectivity index (χ4v) is 6.20. The standard InChI is InChI=1S/C9H16ClN2O6P/c1-7(4-10)18-19(17)5-8(2,11(13)14)9(3,6-19)12(15)16/h7H,4-6H2,1-3H3/t7-,8+,9+/m1/s1. The minimum atomic E-state index is -3.46. The van der Waals surface area contributed by atoms with Crippen LogP contribution in [0.4, 0.5) is 0 Å². The molecule has 0 aliphatic carbocycles. The summed E-state index contributed by atoms with van der Waals surface area (Å²) in [6, 6.07) is 0. The van der Waals surface area contributed by atoms with Gasteiger partial charge in [-0.25, -0.2) is 0 Å². The second-order valence-electron chi connectivity index (χ2n) is 5.26. The molecule has 0 amide bonds. The van der Waals surface area contributed by atoms with Crippen molar-refractivity contribution in [2.45, 2.75) is 38.0 Å². The van der Waals surface area contributed by atoms with Crippen molar-refractivity contribution >= 4 is 19.0 Å². The first-order valence-electron chi connectivity index (χ1n) is 5.62. The van der Waals surface area contributed by atoms with Gasteiger partial charge in [0.05, 0.1) is 6.10 Å². The van der Waals surface area contributed by atoms with E-state index in [9.17, 15) is 24.8 Å². The second kappa shape index (κ2) is 5.00. The summed E-state index contributed by atoms with van der Waals surface area (Å²) in [5.41, 5.74) is -3.84. The maximum Gasteiger partial charge on any atom is 0.297 e. The largest absolute Gasteiger partial charge is 0.324 e. The average Bonchev–Trinajstić information content (AvgIpc) is 2.48. The highest BCUT2D eigenvalue weighted by atomic mass is 35.5. The summed E-state index contributed by atoms with van der Waals surface area (Å²) in [5.74, 6) is 0.0638. The minimum Gasteiger partial charge on any atom is -0.324 e. The third-order valence-corrected chi connectivity index (χ3v) is 7.03. The summed E-state index contributed by atoms with van der Waals surface area (Å²) in [7, 11) is -3.46. The SMILES string of the molecule is C[C@H](CCl)OP1(=O)C[C@](C)([N+](=O)[O-])[C@@](C)([N+](=O)[O-])C1. The van der Waals surface area contributed by atoms with Gasteiger partial charge < -0.3 is 4.52 Å². The Kier molecular flexibility index (Phi) is 4.29. The van der Waals surface area contributed by atoms with Crippen molar-refractivity contribution in [2.75, 3.05) is 18.2 Å². The Morgan fingerprint density at radius 3 is 1.89 bits per heavy atom. The van der Waals surface area contributed by atoms with E-state index in [0.29, 0.717) is 0 Å². The van der Waals surface area contributed by atoms with Crippen molar-refractivity contribution in [2.24, 2.45) is 0 Å². The molecule has 110 valence electrons. The predicted molar refractivity (Wildman–Crippen MR) is 69.4 cm³/mol. The molecular formula is C9H16ClN2O6P. The first kappa shape index (κ1) is 16.3. The molecule has 8 nitrogen and oxygen atoms in total. The van der Waals surface area contributed by atoms with E-state index in [4.69, 9.17) is 16.1 Å². The van der Waals surface area contributed by atoms with Crippen molar-refractivity contribution in [1.82, 2.24) is 0 Å². The molecule has 0 unspecified atom stereocenters. The maximum atomic E-state index is 12.5. The molecule has 0 radical (unpaired) electrons. The number of hydrogen-bond donors (Lipinski definition) is 0. The highest BCUT2D eigenvalue weighted by molar-refractivity contribution is 7.59. The van der Waals surface area contributed by atoms with Crippen LogP contribution in [0.1, 0.15) is 20.8 Å². The summed E-state index contributed by atoms with van der Waals surface area (Å²) >= 11 is 5.55. The van der Waals surface area contributed by atoms with E-state index in [1.807, 2.05) is 0 Å². The Hall–Kier alpha value is -0.720. The second-order valence-corrected chi connectivity index (χ2v) is 8.04. The van der Waals surface area contributed by atoms with Crippen LogP contribution in [0.3, 0.4) is 0 Å². The average molecular weight is 315 g/mol. The summed E-state index contributed by atoms with van der Waals surface area (Å²) in [4.78, 5) is 20.9. The Labute approximate surface area is 115 Å². The molecule has 0 spiro atoms. The van der Waals surface area contributed by atoms with Crippen LogP contribution in [0.2, 0.25) is 0 Å². The number of hydrogen-bond acceptors (Lipinski definition) is 6. The number of nitrogens with zero attached hydrogens (tertiary/aromatic N) is 2. The molecule has 19 heavy (non-hydrogen) atoms. The van der Waals surface area contributed by atoms with Gasteiger partial charge >= 0.3 is 0 Å². The predicted octanol–water partition coefficient (Wildman–Crippen LogP) is 1.99. The summed E-state index contributed by atoms with van der Waals surface area (Å²) in [5, 5.41) is 22.4. The van der Waals surface area contributed by atoms with Crippen LogP contribution in [-0.4, -0.2) is 45.2 Å². The molecule has 0 N–H and O–H groups in total. The van der Waals surface area contributed by atoms with Crippen LogP contribution in [0.25, 0.3) is 0 Å². The Morgan fingerprint density at radius 1 is 1.26 bits per heavy atom. The van der Waals surface area contributed by atoms with Gasteiger partial charge in [-0.3, -0.25) is 24.8 Å². The third-order valence-electron chi connectivity index (χ3n) is 3.65. The van der Waals surface area contributed by atoms with E-state index in [1.54, 1.807) is 6.92 Å². The monoisotopic (exact) mass is 314 g/mol. The minimum absolute atomic E-state index is 0.0638. The van der Waals surface area contributed by atoms with Gasteiger partial charge in [0.15, 0.2) is 0 Å². The van der Waals surface area contributed by atoms with Gasteiger partial charge in [0.2, 0.25) is 7.37 Å². The molecule has 10 heteroatoms. The molecule has 0 aromatic rings. The molecule has 0 bridgehead atoms. The van der Waals surface area contributed by atoms with Crippen LogP contribution < -0.4 is 0 Å². The molecular weight excluding hydrogens is 299 g/mol. The number of halogens is 1. The molecule has 0 saturated carbocycles. The van der Waals surface area contributed by atoms with Crippen molar-refractivity contribution in [3.05, 3.63) is 20.2 Å². The van der Waals surface area contributed by atoms with Crippen molar-refractivity contribution in [3.63, 3.8) is 0 Å². The van der Waals surface area contributed by atoms with Gasteiger partial charge in [0.1, 0.15) is 12.3 Å². The van der Waals surface area contributed by atoms with E-state index in [-0.39, 0.29) is 5.88 Å². The van der Waals surface area contributed by atoms with Crippen molar-refractivity contribution < 1.29 is 18.9 Å². The number of nitro groups is 2. The lowest BCUT2D eigenvalue weighted by Gasteiger charge is -2.24.